The molecule has 0 aromatic heterocycles. The first-order valence-corrected chi connectivity index (χ1v) is 6.68. The van der Waals surface area contributed by atoms with Crippen molar-refractivity contribution in [1.29, 1.82) is 0 Å². The fourth-order valence-electron chi connectivity index (χ4n) is 2.41. The van der Waals surface area contributed by atoms with Gasteiger partial charge >= 0.3 is 0 Å². The Kier molecular flexibility index (Phi) is 4.21. The molecule has 1 saturated heterocycles. The second-order valence-corrected chi connectivity index (χ2v) is 5.24. The van der Waals surface area contributed by atoms with Gasteiger partial charge in [-0.05, 0) is 25.0 Å². The lowest BCUT2D eigenvalue weighted by molar-refractivity contribution is -0.384. The predicted molar refractivity (Wildman–Crippen MR) is 76.0 cm³/mol. The molecule has 0 bridgehead atoms. The zero-order valence-electron chi connectivity index (χ0n) is 12.0. The largest absolute Gasteiger partial charge is 0.348 e. The highest BCUT2D eigenvalue weighted by Gasteiger charge is 2.25. The molecule has 2 rings (SSSR count). The average molecular weight is 291 g/mol. The number of carbonyl (C=O) groups is 2. The van der Waals surface area contributed by atoms with Gasteiger partial charge < -0.3 is 10.2 Å². The van der Waals surface area contributed by atoms with Gasteiger partial charge in [0, 0.05) is 43.8 Å². The maximum absolute atomic E-state index is 12.2. The molecule has 1 aromatic carbocycles. The molecule has 0 saturated carbocycles. The Bertz CT molecular complexity index is 600. The van der Waals surface area contributed by atoms with Gasteiger partial charge in [0.15, 0.2) is 0 Å². The average Bonchev–Trinajstić information content (AvgIpc) is 2.42. The van der Waals surface area contributed by atoms with Crippen molar-refractivity contribution in [3.8, 4) is 0 Å². The molecule has 1 N–H and O–H groups in total. The Hall–Kier alpha value is -2.44. The minimum Gasteiger partial charge on any atom is -0.348 e. The Balaban J connectivity index is 2.07. The van der Waals surface area contributed by atoms with Crippen LogP contribution in [0.3, 0.4) is 0 Å². The molecule has 7 heteroatoms. The summed E-state index contributed by atoms with van der Waals surface area (Å²) in [5.74, 6) is -0.192. The van der Waals surface area contributed by atoms with Crippen LogP contribution in [0.15, 0.2) is 18.2 Å². The van der Waals surface area contributed by atoms with E-state index in [2.05, 4.69) is 5.32 Å². The number of likely N-dealkylation sites (tertiary alicyclic amines) is 1. The lowest BCUT2D eigenvalue weighted by Gasteiger charge is -2.30. The van der Waals surface area contributed by atoms with Crippen molar-refractivity contribution in [2.45, 2.75) is 25.8 Å². The maximum Gasteiger partial charge on any atom is 0.269 e. The molecule has 21 heavy (non-hydrogen) atoms. The Morgan fingerprint density at radius 2 is 2.19 bits per heavy atom. The van der Waals surface area contributed by atoms with Crippen molar-refractivity contribution in [1.82, 2.24) is 10.2 Å². The van der Waals surface area contributed by atoms with Gasteiger partial charge in [0.2, 0.25) is 5.91 Å². The number of non-ortho nitro benzene ring substituents is 1. The van der Waals surface area contributed by atoms with Crippen LogP contribution in [0, 0.1) is 17.0 Å². The summed E-state index contributed by atoms with van der Waals surface area (Å²) in [7, 11) is 1.71. The molecule has 1 aliphatic rings. The molecule has 1 unspecified atom stereocenters. The van der Waals surface area contributed by atoms with Crippen LogP contribution in [0.2, 0.25) is 0 Å². The van der Waals surface area contributed by atoms with Gasteiger partial charge in [0.25, 0.3) is 11.6 Å². The van der Waals surface area contributed by atoms with Crippen molar-refractivity contribution >= 4 is 17.5 Å². The number of nitro benzene ring substituents is 1. The number of benzene rings is 1. The van der Waals surface area contributed by atoms with Crippen molar-refractivity contribution in [2.24, 2.45) is 0 Å². The van der Waals surface area contributed by atoms with Gasteiger partial charge in [0.1, 0.15) is 0 Å². The molecule has 1 aromatic rings. The molecule has 0 radical (unpaired) electrons. The molecule has 1 atom stereocenters. The molecule has 1 heterocycles. The molecular formula is C14H17N3O4. The highest BCUT2D eigenvalue weighted by atomic mass is 16.6. The molecule has 1 aliphatic heterocycles. The van der Waals surface area contributed by atoms with Crippen molar-refractivity contribution in [2.75, 3.05) is 13.6 Å². The van der Waals surface area contributed by atoms with E-state index < -0.39 is 4.92 Å². The monoisotopic (exact) mass is 291 g/mol. The SMILES string of the molecule is Cc1cc([N+](=O)[O-])ccc1C(=O)NC1CCC(=O)N(C)C1. The first-order valence-electron chi connectivity index (χ1n) is 6.68. The van der Waals surface area contributed by atoms with Gasteiger partial charge in [-0.2, -0.15) is 0 Å². The van der Waals surface area contributed by atoms with Crippen LogP contribution in [0.1, 0.15) is 28.8 Å². The summed E-state index contributed by atoms with van der Waals surface area (Å²) < 4.78 is 0. The Morgan fingerprint density at radius 1 is 1.48 bits per heavy atom. The van der Waals surface area contributed by atoms with E-state index in [1.54, 1.807) is 18.9 Å². The van der Waals surface area contributed by atoms with E-state index in [0.29, 0.717) is 30.5 Å². The zero-order chi connectivity index (χ0) is 15.6. The van der Waals surface area contributed by atoms with Crippen LogP contribution < -0.4 is 5.32 Å². The Morgan fingerprint density at radius 3 is 2.76 bits per heavy atom. The number of carbonyl (C=O) groups excluding carboxylic acids is 2. The number of amides is 2. The van der Waals surface area contributed by atoms with E-state index in [0.717, 1.165) is 0 Å². The highest BCUT2D eigenvalue weighted by molar-refractivity contribution is 5.96. The molecule has 1 fully saturated rings. The topological polar surface area (TPSA) is 92.5 Å². The highest BCUT2D eigenvalue weighted by Crippen LogP contribution is 2.18. The number of piperidine rings is 1. The normalized spacial score (nSPS) is 18.5. The zero-order valence-corrected chi connectivity index (χ0v) is 12.0. The molecule has 2 amide bonds. The second kappa shape index (κ2) is 5.90. The summed E-state index contributed by atoms with van der Waals surface area (Å²) in [6.07, 6.45) is 1.03. The molecule has 0 spiro atoms. The first-order chi connectivity index (χ1) is 9.88. The van der Waals surface area contributed by atoms with Crippen molar-refractivity contribution < 1.29 is 14.5 Å². The summed E-state index contributed by atoms with van der Waals surface area (Å²) in [4.78, 5) is 35.4. The van der Waals surface area contributed by atoms with Crippen molar-refractivity contribution in [3.05, 3.63) is 39.4 Å². The van der Waals surface area contributed by atoms with Crippen LogP contribution in [-0.2, 0) is 4.79 Å². The number of nitrogens with zero attached hydrogens (tertiary/aromatic N) is 2. The summed E-state index contributed by atoms with van der Waals surface area (Å²) in [6.45, 7) is 2.15. The first kappa shape index (κ1) is 15.0. The van der Waals surface area contributed by atoms with Crippen LogP contribution in [-0.4, -0.2) is 41.3 Å². The third-order valence-electron chi connectivity index (χ3n) is 3.63. The number of nitro groups is 1. The smallest absolute Gasteiger partial charge is 0.269 e. The van der Waals surface area contributed by atoms with Gasteiger partial charge in [-0.25, -0.2) is 0 Å². The third kappa shape index (κ3) is 3.36. The summed E-state index contributed by atoms with van der Waals surface area (Å²) in [5, 5.41) is 13.6. The minimum absolute atomic E-state index is 0.0351. The van der Waals surface area contributed by atoms with Gasteiger partial charge in [-0.1, -0.05) is 0 Å². The van der Waals surface area contributed by atoms with Crippen molar-refractivity contribution in [3.63, 3.8) is 0 Å². The maximum atomic E-state index is 12.2. The van der Waals surface area contributed by atoms with E-state index in [1.165, 1.54) is 18.2 Å². The third-order valence-corrected chi connectivity index (χ3v) is 3.63. The van der Waals surface area contributed by atoms with E-state index in [4.69, 9.17) is 0 Å². The van der Waals surface area contributed by atoms with Crippen LogP contribution in [0.25, 0.3) is 0 Å². The number of aryl methyl sites for hydroxylation is 1. The fourth-order valence-corrected chi connectivity index (χ4v) is 2.41. The number of hydrogen-bond acceptors (Lipinski definition) is 4. The lowest BCUT2D eigenvalue weighted by Crippen LogP contribution is -2.48. The standard InChI is InChI=1S/C14H17N3O4/c1-9-7-11(17(20)21)4-5-12(9)14(19)15-10-3-6-13(18)16(2)8-10/h4-5,7,10H,3,6,8H2,1-2H3,(H,15,19). The summed E-state index contributed by atoms with van der Waals surface area (Å²) in [5.41, 5.74) is 0.939. The molecule has 0 aliphatic carbocycles. The minimum atomic E-state index is -0.490. The predicted octanol–water partition coefficient (Wildman–Crippen LogP) is 1.25. The summed E-state index contributed by atoms with van der Waals surface area (Å²) in [6, 6.07) is 4.07. The number of rotatable bonds is 3. The van der Waals surface area contributed by atoms with Crippen LogP contribution >= 0.6 is 0 Å². The lowest BCUT2D eigenvalue weighted by atomic mass is 10.0. The molecular weight excluding hydrogens is 274 g/mol. The summed E-state index contributed by atoms with van der Waals surface area (Å²) >= 11 is 0. The van der Waals surface area contributed by atoms with Crippen LogP contribution in [0.5, 0.6) is 0 Å². The number of hydrogen-bond donors (Lipinski definition) is 1. The molecule has 112 valence electrons. The van der Waals surface area contributed by atoms with Gasteiger partial charge in [-0.15, -0.1) is 0 Å². The molecule has 7 nitrogen and oxygen atoms in total. The Labute approximate surface area is 122 Å². The van der Waals surface area contributed by atoms with E-state index >= 15 is 0 Å². The quantitative estimate of drug-likeness (QED) is 0.670. The van der Waals surface area contributed by atoms with E-state index in [9.17, 15) is 19.7 Å². The van der Waals surface area contributed by atoms with Gasteiger partial charge in [-0.3, -0.25) is 19.7 Å². The van der Waals surface area contributed by atoms with E-state index in [-0.39, 0.29) is 23.5 Å². The second-order valence-electron chi connectivity index (χ2n) is 5.24. The van der Waals surface area contributed by atoms with Gasteiger partial charge in [0.05, 0.1) is 4.92 Å². The number of likely N-dealkylation sites (N-methyl/N-ethyl adjacent to an activating group) is 1. The fraction of sp³-hybridized carbons (Fsp3) is 0.429. The number of nitrogens with one attached hydrogen (secondary N) is 1. The van der Waals surface area contributed by atoms with Crippen LogP contribution in [0.4, 0.5) is 5.69 Å². The van der Waals surface area contributed by atoms with E-state index in [1.807, 2.05) is 0 Å².